The third kappa shape index (κ3) is 4.07. The lowest BCUT2D eigenvalue weighted by Crippen LogP contribution is -2.64. The van der Waals surface area contributed by atoms with Gasteiger partial charge in [-0.1, -0.05) is 19.9 Å². The highest BCUT2D eigenvalue weighted by molar-refractivity contribution is 5.94. The topological polar surface area (TPSA) is 80.5 Å². The van der Waals surface area contributed by atoms with E-state index in [0.29, 0.717) is 16.4 Å². The summed E-state index contributed by atoms with van der Waals surface area (Å²) >= 11 is 0. The number of carboxylic acids is 1. The molecule has 4 saturated carbocycles. The molecule has 184 valence electrons. The van der Waals surface area contributed by atoms with Crippen molar-refractivity contribution in [1.29, 1.82) is 0 Å². The quantitative estimate of drug-likeness (QED) is 0.610. The lowest BCUT2D eigenvalue weighted by molar-refractivity contribution is -0.248. The molecular weight excluding hydrogens is 428 g/mol. The standard InChI is InChI=1S/C27H38N4O3/c1-19-21(20-7-6-8-28-22(20)23(32)33)11-29-31(19)18-26-13-24(2)12-25(3,14-26)16-27(15-24,17-26)34-10-9-30(4)5/h6-8,11H,9-10,12-18H2,1-5H3,(H,32,33). The number of carboxylic acid groups (broad SMARTS) is 1. The van der Waals surface area contributed by atoms with Gasteiger partial charge in [-0.3, -0.25) is 4.68 Å². The van der Waals surface area contributed by atoms with E-state index < -0.39 is 5.97 Å². The molecule has 0 amide bonds. The van der Waals surface area contributed by atoms with E-state index in [9.17, 15) is 9.90 Å². The summed E-state index contributed by atoms with van der Waals surface area (Å²) in [6.45, 7) is 9.56. The van der Waals surface area contributed by atoms with Gasteiger partial charge >= 0.3 is 5.97 Å². The van der Waals surface area contributed by atoms with Crippen LogP contribution in [0.3, 0.4) is 0 Å². The minimum Gasteiger partial charge on any atom is -0.476 e. The van der Waals surface area contributed by atoms with Gasteiger partial charge in [-0.05, 0) is 81.9 Å². The normalized spacial score (nSPS) is 34.2. The van der Waals surface area contributed by atoms with Gasteiger partial charge in [0.1, 0.15) is 0 Å². The fourth-order valence-corrected chi connectivity index (χ4v) is 8.58. The maximum atomic E-state index is 11.7. The van der Waals surface area contributed by atoms with Crippen LogP contribution in [0.25, 0.3) is 11.1 Å². The number of carbonyl (C=O) groups is 1. The highest BCUT2D eigenvalue weighted by Crippen LogP contribution is 2.72. The first-order chi connectivity index (χ1) is 16.0. The van der Waals surface area contributed by atoms with Crippen LogP contribution >= 0.6 is 0 Å². The SMILES string of the molecule is Cc1c(-c2cccnc2C(=O)O)cnn1CC12CC3(C)CC(C)(C1)CC(OCCN(C)C)(C3)C2. The molecule has 2 unspecified atom stereocenters. The Labute approximate surface area is 202 Å². The summed E-state index contributed by atoms with van der Waals surface area (Å²) < 4.78 is 8.86. The first-order valence-electron chi connectivity index (χ1n) is 12.5. The summed E-state index contributed by atoms with van der Waals surface area (Å²) in [7, 11) is 4.20. The average Bonchev–Trinajstić information content (AvgIpc) is 3.04. The minimum absolute atomic E-state index is 0.0437. The van der Waals surface area contributed by atoms with E-state index in [1.807, 2.05) is 19.2 Å². The molecule has 0 aromatic carbocycles. The van der Waals surface area contributed by atoms with Crippen LogP contribution in [-0.2, 0) is 11.3 Å². The molecule has 4 aliphatic carbocycles. The number of ether oxygens (including phenoxy) is 1. The van der Waals surface area contributed by atoms with E-state index in [1.54, 1.807) is 6.07 Å². The third-order valence-electron chi connectivity index (χ3n) is 8.49. The molecule has 1 N–H and O–H groups in total. The fourth-order valence-electron chi connectivity index (χ4n) is 8.58. The van der Waals surface area contributed by atoms with Crippen molar-refractivity contribution >= 4 is 5.97 Å². The molecule has 2 aromatic heterocycles. The Bertz CT molecular complexity index is 1090. The van der Waals surface area contributed by atoms with E-state index in [0.717, 1.165) is 50.2 Å². The van der Waals surface area contributed by atoms with E-state index in [2.05, 4.69) is 42.5 Å². The molecular formula is C27H38N4O3. The van der Waals surface area contributed by atoms with E-state index in [4.69, 9.17) is 9.84 Å². The molecule has 0 aliphatic heterocycles. The summed E-state index contributed by atoms with van der Waals surface area (Å²) in [6, 6.07) is 3.61. The number of pyridine rings is 1. The van der Waals surface area contributed by atoms with Gasteiger partial charge in [0.05, 0.1) is 18.4 Å². The average molecular weight is 467 g/mol. The maximum absolute atomic E-state index is 11.7. The number of nitrogens with zero attached hydrogens (tertiary/aromatic N) is 4. The number of aromatic nitrogens is 3. The van der Waals surface area contributed by atoms with Crippen molar-refractivity contribution in [3.63, 3.8) is 0 Å². The Morgan fingerprint density at radius 1 is 1.12 bits per heavy atom. The molecule has 7 heteroatoms. The predicted molar refractivity (Wildman–Crippen MR) is 131 cm³/mol. The van der Waals surface area contributed by atoms with Gasteiger partial charge in [0.25, 0.3) is 0 Å². The van der Waals surface area contributed by atoms with Gasteiger partial charge in [0, 0.05) is 36.1 Å². The van der Waals surface area contributed by atoms with Gasteiger partial charge in [-0.2, -0.15) is 5.10 Å². The van der Waals surface area contributed by atoms with Crippen LogP contribution < -0.4 is 0 Å². The second-order valence-electron chi connectivity index (χ2n) is 12.5. The van der Waals surface area contributed by atoms with Crippen molar-refractivity contribution in [3.8, 4) is 11.1 Å². The summed E-state index contributed by atoms with van der Waals surface area (Å²) in [4.78, 5) is 18.0. The maximum Gasteiger partial charge on any atom is 0.355 e. The van der Waals surface area contributed by atoms with E-state index in [-0.39, 0.29) is 16.7 Å². The summed E-state index contributed by atoms with van der Waals surface area (Å²) in [5.41, 5.74) is 3.26. The Morgan fingerprint density at radius 2 is 1.82 bits per heavy atom. The molecule has 7 nitrogen and oxygen atoms in total. The number of likely N-dealkylation sites (N-methyl/N-ethyl adjacent to an activating group) is 1. The number of hydrogen-bond acceptors (Lipinski definition) is 5. The first kappa shape index (κ1) is 23.5. The highest BCUT2D eigenvalue weighted by Gasteiger charge is 2.66. The molecule has 4 bridgehead atoms. The Kier molecular flexibility index (Phi) is 5.45. The Hall–Kier alpha value is -2.25. The molecule has 0 spiro atoms. The lowest BCUT2D eigenvalue weighted by atomic mass is 9.39. The predicted octanol–water partition coefficient (Wildman–Crippen LogP) is 4.65. The van der Waals surface area contributed by atoms with E-state index in [1.165, 1.54) is 25.5 Å². The van der Waals surface area contributed by atoms with Crippen LogP contribution in [0, 0.1) is 23.2 Å². The third-order valence-corrected chi connectivity index (χ3v) is 8.49. The number of aromatic carboxylic acids is 1. The van der Waals surface area contributed by atoms with Crippen molar-refractivity contribution in [1.82, 2.24) is 19.7 Å². The van der Waals surface area contributed by atoms with Gasteiger partial charge in [-0.15, -0.1) is 0 Å². The molecule has 4 fully saturated rings. The second kappa shape index (κ2) is 7.89. The van der Waals surface area contributed by atoms with Crippen molar-refractivity contribution in [2.45, 2.75) is 71.4 Å². The van der Waals surface area contributed by atoms with Crippen molar-refractivity contribution in [3.05, 3.63) is 35.9 Å². The Balaban J connectivity index is 1.46. The molecule has 2 heterocycles. The van der Waals surface area contributed by atoms with Gasteiger partial charge < -0.3 is 14.7 Å². The van der Waals surface area contributed by atoms with Crippen LogP contribution in [0.4, 0.5) is 0 Å². The highest BCUT2D eigenvalue weighted by atomic mass is 16.5. The number of hydrogen-bond donors (Lipinski definition) is 1. The largest absolute Gasteiger partial charge is 0.476 e. The van der Waals surface area contributed by atoms with Crippen LogP contribution in [-0.4, -0.2) is 63.6 Å². The number of rotatable bonds is 8. The van der Waals surface area contributed by atoms with Crippen LogP contribution in [0.5, 0.6) is 0 Å². The van der Waals surface area contributed by atoms with Crippen LogP contribution in [0.1, 0.15) is 68.6 Å². The molecule has 0 saturated heterocycles. The molecule has 6 rings (SSSR count). The second-order valence-corrected chi connectivity index (χ2v) is 12.5. The molecule has 0 radical (unpaired) electrons. The smallest absolute Gasteiger partial charge is 0.355 e. The monoisotopic (exact) mass is 466 g/mol. The molecule has 2 atom stereocenters. The van der Waals surface area contributed by atoms with Gasteiger partial charge in [0.15, 0.2) is 5.69 Å². The van der Waals surface area contributed by atoms with E-state index >= 15 is 0 Å². The minimum atomic E-state index is -1.01. The summed E-state index contributed by atoms with van der Waals surface area (Å²) in [5, 5.41) is 14.4. The van der Waals surface area contributed by atoms with Crippen molar-refractivity contribution in [2.75, 3.05) is 27.2 Å². The summed E-state index contributed by atoms with van der Waals surface area (Å²) in [6.07, 6.45) is 10.4. The van der Waals surface area contributed by atoms with Gasteiger partial charge in [0.2, 0.25) is 0 Å². The molecule has 34 heavy (non-hydrogen) atoms. The zero-order chi connectivity index (χ0) is 24.4. The first-order valence-corrected chi connectivity index (χ1v) is 12.5. The molecule has 2 aromatic rings. The van der Waals surface area contributed by atoms with Crippen molar-refractivity contribution in [2.24, 2.45) is 16.2 Å². The lowest BCUT2D eigenvalue weighted by Gasteiger charge is -2.69. The summed E-state index contributed by atoms with van der Waals surface area (Å²) in [5.74, 6) is -1.01. The molecule has 4 aliphatic rings. The van der Waals surface area contributed by atoms with Crippen LogP contribution in [0.15, 0.2) is 24.5 Å². The zero-order valence-corrected chi connectivity index (χ0v) is 21.2. The van der Waals surface area contributed by atoms with Crippen molar-refractivity contribution < 1.29 is 14.6 Å². The van der Waals surface area contributed by atoms with Crippen LogP contribution in [0.2, 0.25) is 0 Å². The van der Waals surface area contributed by atoms with Gasteiger partial charge in [-0.25, -0.2) is 9.78 Å². The fraction of sp³-hybridized carbons (Fsp3) is 0.667. The zero-order valence-electron chi connectivity index (χ0n) is 21.2. The Morgan fingerprint density at radius 3 is 2.47 bits per heavy atom.